The van der Waals surface area contributed by atoms with E-state index in [1.165, 1.54) is 6.42 Å². The maximum Gasteiger partial charge on any atom is 0.154 e. The molecule has 1 atom stereocenters. The fourth-order valence-corrected chi connectivity index (χ4v) is 0.688. The summed E-state index contributed by atoms with van der Waals surface area (Å²) in [5.74, 6) is 0. The summed E-state index contributed by atoms with van der Waals surface area (Å²) in [5, 5.41) is 0. The molecule has 0 aromatic heterocycles. The van der Waals surface area contributed by atoms with Crippen LogP contribution in [0.4, 0.5) is 0 Å². The fraction of sp³-hybridized carbons (Fsp3) is 0.647. The van der Waals surface area contributed by atoms with Crippen LogP contribution in [-0.4, -0.2) is 20.0 Å². The van der Waals surface area contributed by atoms with Gasteiger partial charge in [0.2, 0.25) is 0 Å². The van der Waals surface area contributed by atoms with Crippen molar-refractivity contribution in [3.05, 3.63) is 36.4 Å². The zero-order chi connectivity index (χ0) is 15.1. The lowest BCUT2D eigenvalue weighted by Gasteiger charge is -2.12. The number of ether oxygens (including phenoxy) is 2. The van der Waals surface area contributed by atoms with Crippen LogP contribution in [0, 0.1) is 5.41 Å². The third-order valence-electron chi connectivity index (χ3n) is 2.46. The van der Waals surface area contributed by atoms with Gasteiger partial charge in [-0.05, 0) is 19.3 Å². The van der Waals surface area contributed by atoms with E-state index in [1.807, 2.05) is 50.2 Å². The van der Waals surface area contributed by atoms with E-state index in [1.54, 1.807) is 7.11 Å². The number of hydrogen-bond donors (Lipinski definition) is 0. The van der Waals surface area contributed by atoms with Crippen LogP contribution < -0.4 is 0 Å². The average Bonchev–Trinajstić information content (AvgIpc) is 2.41. The van der Waals surface area contributed by atoms with E-state index in [-0.39, 0.29) is 6.29 Å². The molecule has 1 unspecified atom stereocenters. The van der Waals surface area contributed by atoms with Gasteiger partial charge in [-0.15, -0.1) is 0 Å². The second kappa shape index (κ2) is 13.6. The minimum absolute atomic E-state index is 0.0509. The van der Waals surface area contributed by atoms with Crippen LogP contribution >= 0.6 is 0 Å². The van der Waals surface area contributed by atoms with Crippen molar-refractivity contribution in [1.82, 2.24) is 0 Å². The van der Waals surface area contributed by atoms with E-state index in [0.717, 1.165) is 6.61 Å². The van der Waals surface area contributed by atoms with Crippen LogP contribution in [0.5, 0.6) is 0 Å². The summed E-state index contributed by atoms with van der Waals surface area (Å²) in [6.45, 7) is 13.5. The highest BCUT2D eigenvalue weighted by molar-refractivity contribution is 4.99. The quantitative estimate of drug-likeness (QED) is 0.706. The van der Waals surface area contributed by atoms with Crippen molar-refractivity contribution in [2.75, 3.05) is 13.7 Å². The van der Waals surface area contributed by atoms with Gasteiger partial charge in [-0.1, -0.05) is 70.5 Å². The van der Waals surface area contributed by atoms with E-state index >= 15 is 0 Å². The van der Waals surface area contributed by atoms with Crippen molar-refractivity contribution < 1.29 is 9.47 Å². The molecule has 0 aliphatic carbocycles. The van der Waals surface area contributed by atoms with Crippen molar-refractivity contribution in [2.24, 2.45) is 5.41 Å². The van der Waals surface area contributed by atoms with Crippen molar-refractivity contribution in [3.63, 3.8) is 0 Å². The molecule has 0 saturated carbocycles. The molecule has 0 spiro atoms. The van der Waals surface area contributed by atoms with Gasteiger partial charge in [-0.25, -0.2) is 0 Å². The maximum atomic E-state index is 4.97. The van der Waals surface area contributed by atoms with Crippen LogP contribution in [0.1, 0.15) is 48.0 Å². The highest BCUT2D eigenvalue weighted by Gasteiger charge is 2.03. The number of rotatable bonds is 3. The summed E-state index contributed by atoms with van der Waals surface area (Å²) in [4.78, 5) is 0. The van der Waals surface area contributed by atoms with Crippen LogP contribution in [0.2, 0.25) is 0 Å². The lowest BCUT2D eigenvalue weighted by atomic mass is 9.94. The lowest BCUT2D eigenvalue weighted by molar-refractivity contribution is -0.106. The average molecular weight is 268 g/mol. The standard InChI is InChI=1S/C6H6.C6H14.C5H12O2/c1-2-4-6-5-3-1;1-5-6(2,3)4;1-4-7-5(2)6-3/h1-6H;5H2,1-4H3;5H,4H2,1-3H3. The minimum Gasteiger partial charge on any atom is -0.356 e. The first-order valence-corrected chi connectivity index (χ1v) is 7.01. The summed E-state index contributed by atoms with van der Waals surface area (Å²) in [7, 11) is 1.63. The van der Waals surface area contributed by atoms with Crippen LogP contribution in [0.3, 0.4) is 0 Å². The molecule has 112 valence electrons. The van der Waals surface area contributed by atoms with Crippen LogP contribution in [-0.2, 0) is 9.47 Å². The molecular weight excluding hydrogens is 236 g/mol. The van der Waals surface area contributed by atoms with Gasteiger partial charge < -0.3 is 9.47 Å². The first-order chi connectivity index (χ1) is 8.87. The number of benzene rings is 1. The van der Waals surface area contributed by atoms with Crippen molar-refractivity contribution in [3.8, 4) is 0 Å². The predicted molar refractivity (Wildman–Crippen MR) is 84.3 cm³/mol. The molecule has 2 heteroatoms. The maximum absolute atomic E-state index is 4.97. The Hall–Kier alpha value is -0.860. The summed E-state index contributed by atoms with van der Waals surface area (Å²) in [6.07, 6.45) is 1.22. The van der Waals surface area contributed by atoms with E-state index in [0.29, 0.717) is 5.41 Å². The Balaban J connectivity index is 0. The summed E-state index contributed by atoms with van der Waals surface area (Å²) >= 11 is 0. The molecule has 0 radical (unpaired) electrons. The Labute approximate surface area is 120 Å². The Bertz CT molecular complexity index is 225. The molecule has 0 N–H and O–H groups in total. The highest BCUT2D eigenvalue weighted by atomic mass is 16.7. The summed E-state index contributed by atoms with van der Waals surface area (Å²) < 4.78 is 9.74. The van der Waals surface area contributed by atoms with Crippen LogP contribution in [0.15, 0.2) is 36.4 Å². The molecule has 0 amide bonds. The molecule has 0 aliphatic heterocycles. The Morgan fingerprint density at radius 2 is 1.21 bits per heavy atom. The van der Waals surface area contributed by atoms with Gasteiger partial charge in [-0.2, -0.15) is 0 Å². The number of hydrogen-bond acceptors (Lipinski definition) is 2. The Kier molecular flexibility index (Phi) is 14.6. The first kappa shape index (κ1) is 20.5. The van der Waals surface area contributed by atoms with Crippen LogP contribution in [0.25, 0.3) is 0 Å². The van der Waals surface area contributed by atoms with E-state index < -0.39 is 0 Å². The predicted octanol–water partition coefficient (Wildman–Crippen LogP) is 5.14. The summed E-state index contributed by atoms with van der Waals surface area (Å²) in [5.41, 5.74) is 0.542. The molecule has 0 heterocycles. The molecule has 0 aliphatic rings. The molecule has 1 aromatic rings. The first-order valence-electron chi connectivity index (χ1n) is 7.01. The van der Waals surface area contributed by atoms with Crippen molar-refractivity contribution >= 4 is 0 Å². The van der Waals surface area contributed by atoms with Gasteiger partial charge in [0.25, 0.3) is 0 Å². The van der Waals surface area contributed by atoms with Gasteiger partial charge in [0.15, 0.2) is 6.29 Å². The monoisotopic (exact) mass is 268 g/mol. The molecule has 1 aromatic carbocycles. The summed E-state index contributed by atoms with van der Waals surface area (Å²) in [6, 6.07) is 12.0. The van der Waals surface area contributed by atoms with E-state index in [2.05, 4.69) is 27.7 Å². The van der Waals surface area contributed by atoms with Gasteiger partial charge >= 0.3 is 0 Å². The van der Waals surface area contributed by atoms with Gasteiger partial charge in [-0.3, -0.25) is 0 Å². The SMILES string of the molecule is CCC(C)(C)C.CCOC(C)OC.c1ccccc1. The smallest absolute Gasteiger partial charge is 0.154 e. The van der Waals surface area contributed by atoms with Gasteiger partial charge in [0.05, 0.1) is 0 Å². The minimum atomic E-state index is -0.0509. The zero-order valence-corrected chi connectivity index (χ0v) is 13.8. The van der Waals surface area contributed by atoms with Gasteiger partial charge in [0.1, 0.15) is 0 Å². The highest BCUT2D eigenvalue weighted by Crippen LogP contribution is 2.16. The third kappa shape index (κ3) is 22.8. The van der Waals surface area contributed by atoms with Crippen molar-refractivity contribution in [1.29, 1.82) is 0 Å². The van der Waals surface area contributed by atoms with Gasteiger partial charge in [0, 0.05) is 13.7 Å². The fourth-order valence-electron chi connectivity index (χ4n) is 0.688. The largest absolute Gasteiger partial charge is 0.356 e. The molecule has 1 rings (SSSR count). The Morgan fingerprint density at radius 1 is 0.895 bits per heavy atom. The molecule has 0 saturated heterocycles. The molecule has 19 heavy (non-hydrogen) atoms. The molecule has 0 bridgehead atoms. The third-order valence-corrected chi connectivity index (χ3v) is 2.46. The lowest BCUT2D eigenvalue weighted by Crippen LogP contribution is -2.08. The molecule has 0 fully saturated rings. The van der Waals surface area contributed by atoms with E-state index in [4.69, 9.17) is 9.47 Å². The number of methoxy groups -OCH3 is 1. The molecule has 2 nitrogen and oxygen atoms in total. The molecular formula is C17H32O2. The second-order valence-electron chi connectivity index (χ2n) is 5.33. The normalized spacial score (nSPS) is 11.5. The zero-order valence-electron chi connectivity index (χ0n) is 13.8. The second-order valence-corrected chi connectivity index (χ2v) is 5.33. The van der Waals surface area contributed by atoms with E-state index in [9.17, 15) is 0 Å². The van der Waals surface area contributed by atoms with Crippen molar-refractivity contribution in [2.45, 2.75) is 54.3 Å². The Morgan fingerprint density at radius 3 is 1.32 bits per heavy atom. The topological polar surface area (TPSA) is 18.5 Å².